The van der Waals surface area contributed by atoms with Crippen LogP contribution in [0.4, 0.5) is 0 Å². The molecule has 0 atom stereocenters. The van der Waals surface area contributed by atoms with Gasteiger partial charge >= 0.3 is 0 Å². The van der Waals surface area contributed by atoms with Gasteiger partial charge in [0.25, 0.3) is 0 Å². The fourth-order valence-corrected chi connectivity index (χ4v) is 5.00. The van der Waals surface area contributed by atoms with Crippen molar-refractivity contribution in [1.82, 2.24) is 0 Å². The molecule has 0 N–H and O–H groups in total. The van der Waals surface area contributed by atoms with Crippen molar-refractivity contribution in [3.8, 4) is 0 Å². The molecular weight excluding hydrogens is 483 g/mol. The topological polar surface area (TPSA) is 0 Å². The first-order valence-electron chi connectivity index (χ1n) is 14.3. The lowest BCUT2D eigenvalue weighted by molar-refractivity contribution is -0.941. The van der Waals surface area contributed by atoms with Gasteiger partial charge in [0.2, 0.25) is 0 Å². The molecule has 0 aromatic heterocycles. The Balaban J connectivity index is 0. The molecule has 36 heavy (non-hydrogen) atoms. The van der Waals surface area contributed by atoms with Gasteiger partial charge in [0.1, 0.15) is 13.1 Å². The van der Waals surface area contributed by atoms with Crippen molar-refractivity contribution in [3.63, 3.8) is 0 Å². The van der Waals surface area contributed by atoms with Crippen LogP contribution in [0, 0.1) is 0 Å². The Morgan fingerprint density at radius 3 is 1.03 bits per heavy atom. The molecule has 2 rings (SSSR count). The third-order valence-electron chi connectivity index (χ3n) is 7.69. The summed E-state index contributed by atoms with van der Waals surface area (Å²) in [4.78, 5) is 0. The van der Waals surface area contributed by atoms with Crippen LogP contribution in [0.15, 0.2) is 60.7 Å². The van der Waals surface area contributed by atoms with Gasteiger partial charge in [-0.15, -0.1) is 0 Å². The van der Waals surface area contributed by atoms with Gasteiger partial charge in [-0.2, -0.15) is 0 Å². The van der Waals surface area contributed by atoms with Crippen LogP contribution >= 0.6 is 0 Å². The lowest BCUT2D eigenvalue weighted by Crippen LogP contribution is -3.00. The smallest absolute Gasteiger partial charge is 0.104 e. The summed E-state index contributed by atoms with van der Waals surface area (Å²) in [5, 5.41) is 0. The van der Waals surface area contributed by atoms with Crippen molar-refractivity contribution in [2.45, 2.75) is 93.2 Å². The van der Waals surface area contributed by atoms with Crippen LogP contribution in [-0.2, 0) is 13.1 Å². The third kappa shape index (κ3) is 14.0. The molecule has 4 heteroatoms. The summed E-state index contributed by atoms with van der Waals surface area (Å²) in [6.45, 7) is 23.9. The quantitative estimate of drug-likeness (QED) is 0.288. The Morgan fingerprint density at radius 1 is 0.444 bits per heavy atom. The molecule has 0 spiro atoms. The molecule has 2 nitrogen and oxygen atoms in total. The monoisotopic (exact) mass is 538 g/mol. The zero-order valence-corrected chi connectivity index (χ0v) is 25.8. The predicted octanol–water partition coefficient (Wildman–Crippen LogP) is 2.47. The van der Waals surface area contributed by atoms with E-state index in [2.05, 4.69) is 102 Å². The van der Waals surface area contributed by atoms with E-state index in [9.17, 15) is 0 Å². The minimum absolute atomic E-state index is 0. The van der Waals surface area contributed by atoms with E-state index in [1.54, 1.807) is 0 Å². The van der Waals surface area contributed by atoms with Crippen LogP contribution < -0.4 is 24.8 Å². The Morgan fingerprint density at radius 2 is 0.750 bits per heavy atom. The third-order valence-corrected chi connectivity index (χ3v) is 7.69. The average Bonchev–Trinajstić information content (AvgIpc) is 2.90. The van der Waals surface area contributed by atoms with E-state index in [0.29, 0.717) is 0 Å². The molecule has 0 radical (unpaired) electrons. The SMILES string of the molecule is CCCC[N+](CCCC)(CCCC)Cc1ccccc1.CC[N+](CC)(CC)Cc1ccccc1.[Cl-].[Cl-]. The molecule has 0 heterocycles. The predicted molar refractivity (Wildman–Crippen MR) is 152 cm³/mol. The molecule has 0 saturated heterocycles. The van der Waals surface area contributed by atoms with Gasteiger partial charge < -0.3 is 33.8 Å². The highest BCUT2D eigenvalue weighted by Gasteiger charge is 2.26. The molecule has 0 saturated carbocycles. The zero-order valence-electron chi connectivity index (χ0n) is 24.3. The molecule has 0 aliphatic heterocycles. The number of quaternary nitrogens is 2. The number of rotatable bonds is 16. The molecule has 0 bridgehead atoms. The lowest BCUT2D eigenvalue weighted by Gasteiger charge is -2.39. The summed E-state index contributed by atoms with van der Waals surface area (Å²) < 4.78 is 2.50. The number of benzene rings is 2. The fourth-order valence-electron chi connectivity index (χ4n) is 5.00. The van der Waals surface area contributed by atoms with Crippen molar-refractivity contribution >= 4 is 0 Å². The molecule has 0 amide bonds. The first-order chi connectivity index (χ1) is 16.5. The largest absolute Gasteiger partial charge is 1.00 e. The molecule has 2 aromatic carbocycles. The normalized spacial score (nSPS) is 11.1. The van der Waals surface area contributed by atoms with E-state index in [1.807, 2.05) is 0 Å². The zero-order chi connectivity index (χ0) is 25.1. The van der Waals surface area contributed by atoms with E-state index in [0.717, 1.165) is 0 Å². The number of halogens is 2. The molecule has 0 aliphatic rings. The van der Waals surface area contributed by atoms with Crippen LogP contribution in [0.5, 0.6) is 0 Å². The van der Waals surface area contributed by atoms with Crippen LogP contribution in [0.25, 0.3) is 0 Å². The highest BCUT2D eigenvalue weighted by molar-refractivity contribution is 5.14. The summed E-state index contributed by atoms with van der Waals surface area (Å²) in [6, 6.07) is 21.9. The first-order valence-corrected chi connectivity index (χ1v) is 14.3. The first kappa shape index (κ1) is 37.1. The highest BCUT2D eigenvalue weighted by atomic mass is 35.5. The van der Waals surface area contributed by atoms with E-state index in [-0.39, 0.29) is 24.8 Å². The summed E-state index contributed by atoms with van der Waals surface area (Å²) in [5.74, 6) is 0. The van der Waals surface area contributed by atoms with Crippen molar-refractivity contribution in [1.29, 1.82) is 0 Å². The van der Waals surface area contributed by atoms with Gasteiger partial charge in [-0.3, -0.25) is 0 Å². The van der Waals surface area contributed by atoms with Gasteiger partial charge in [0, 0.05) is 11.1 Å². The molecule has 208 valence electrons. The summed E-state index contributed by atoms with van der Waals surface area (Å²) in [7, 11) is 0. The lowest BCUT2D eigenvalue weighted by atomic mass is 10.1. The second-order valence-electron chi connectivity index (χ2n) is 10.2. The summed E-state index contributed by atoms with van der Waals surface area (Å²) >= 11 is 0. The van der Waals surface area contributed by atoms with Gasteiger partial charge in [-0.1, -0.05) is 101 Å². The van der Waals surface area contributed by atoms with Crippen LogP contribution in [0.1, 0.15) is 91.2 Å². The summed E-state index contributed by atoms with van der Waals surface area (Å²) in [5.41, 5.74) is 2.97. The van der Waals surface area contributed by atoms with E-state index < -0.39 is 0 Å². The maximum atomic E-state index is 2.32. The van der Waals surface area contributed by atoms with Gasteiger partial charge in [-0.25, -0.2) is 0 Å². The standard InChI is InChI=1S/C19H34N.C13H22N.2ClH/c1-4-7-15-20(16-8-5-2,17-9-6-3)18-19-13-11-10-12-14-19;1-4-14(5-2,6-3)12-13-10-8-7-9-11-13;;/h10-14H,4-9,15-18H2,1-3H3;7-11H,4-6,12H2,1-3H3;2*1H/q2*+1;;/p-2. The van der Waals surface area contributed by atoms with Crippen molar-refractivity contribution in [2.75, 3.05) is 39.3 Å². The van der Waals surface area contributed by atoms with E-state index in [1.165, 1.54) is 111 Å². The Hall–Kier alpha value is -1.06. The maximum absolute atomic E-state index is 2.32. The number of unbranched alkanes of at least 4 members (excludes halogenated alkanes) is 3. The Bertz CT molecular complexity index is 687. The minimum Gasteiger partial charge on any atom is -1.00 e. The van der Waals surface area contributed by atoms with Crippen molar-refractivity contribution in [3.05, 3.63) is 71.8 Å². The maximum Gasteiger partial charge on any atom is 0.104 e. The number of nitrogens with zero attached hydrogens (tertiary/aromatic N) is 2. The average molecular weight is 540 g/mol. The highest BCUT2D eigenvalue weighted by Crippen LogP contribution is 2.20. The Kier molecular flexibility index (Phi) is 22.6. The van der Waals surface area contributed by atoms with Crippen LogP contribution in [0.3, 0.4) is 0 Å². The number of hydrogen-bond acceptors (Lipinski definition) is 0. The summed E-state index contributed by atoms with van der Waals surface area (Å²) in [6.07, 6.45) is 8.02. The molecule has 0 fully saturated rings. The van der Waals surface area contributed by atoms with Gasteiger partial charge in [0.05, 0.1) is 39.3 Å². The fraction of sp³-hybridized carbons (Fsp3) is 0.625. The van der Waals surface area contributed by atoms with E-state index in [4.69, 9.17) is 0 Å². The molecule has 0 aliphatic carbocycles. The van der Waals surface area contributed by atoms with Gasteiger partial charge in [0.15, 0.2) is 0 Å². The Labute approximate surface area is 237 Å². The van der Waals surface area contributed by atoms with Crippen LogP contribution in [0.2, 0.25) is 0 Å². The van der Waals surface area contributed by atoms with Gasteiger partial charge in [-0.05, 0) is 40.0 Å². The van der Waals surface area contributed by atoms with Crippen molar-refractivity contribution < 1.29 is 33.8 Å². The number of hydrogen-bond donors (Lipinski definition) is 0. The van der Waals surface area contributed by atoms with E-state index >= 15 is 0 Å². The molecule has 2 aromatic rings. The minimum atomic E-state index is 0. The second-order valence-corrected chi connectivity index (χ2v) is 10.2. The van der Waals surface area contributed by atoms with Crippen molar-refractivity contribution in [2.24, 2.45) is 0 Å². The second kappa shape index (κ2) is 22.0. The molecule has 0 unspecified atom stereocenters. The molecular formula is C32H56Cl2N2. The van der Waals surface area contributed by atoms with Crippen LogP contribution in [-0.4, -0.2) is 48.2 Å².